The number of piperidine rings is 1. The third-order valence-corrected chi connectivity index (χ3v) is 6.12. The van der Waals surface area contributed by atoms with Crippen LogP contribution in [0.25, 0.3) is 11.0 Å². The van der Waals surface area contributed by atoms with Crippen LogP contribution in [0.3, 0.4) is 0 Å². The second-order valence-electron chi connectivity index (χ2n) is 7.81. The summed E-state index contributed by atoms with van der Waals surface area (Å²) in [5.74, 6) is 1.10. The van der Waals surface area contributed by atoms with Gasteiger partial charge in [-0.15, -0.1) is 0 Å². The van der Waals surface area contributed by atoms with Gasteiger partial charge in [0.1, 0.15) is 0 Å². The molecule has 1 aromatic carbocycles. The van der Waals surface area contributed by atoms with Crippen LogP contribution < -0.4 is 4.90 Å². The zero-order valence-corrected chi connectivity index (χ0v) is 16.1. The van der Waals surface area contributed by atoms with Crippen molar-refractivity contribution in [2.24, 2.45) is 5.92 Å². The fraction of sp³-hybridized carbons (Fsp3) is 0.619. The molecule has 1 saturated carbocycles. The quantitative estimate of drug-likeness (QED) is 0.773. The first-order valence-electron chi connectivity index (χ1n) is 9.99. The first-order chi connectivity index (χ1) is 12.6. The van der Waals surface area contributed by atoms with E-state index in [1.165, 1.54) is 35.9 Å². The fourth-order valence-corrected chi connectivity index (χ4v) is 4.14. The summed E-state index contributed by atoms with van der Waals surface area (Å²) < 4.78 is 7.68. The van der Waals surface area contributed by atoms with Gasteiger partial charge in [0.25, 0.3) is 0 Å². The number of carbonyl (C=O) groups excluding carboxylic acids is 1. The average Bonchev–Trinajstić information content (AvgIpc) is 2.92. The van der Waals surface area contributed by atoms with Crippen molar-refractivity contribution >= 4 is 23.0 Å². The van der Waals surface area contributed by atoms with Crippen molar-refractivity contribution in [1.82, 2.24) is 9.55 Å². The third kappa shape index (κ3) is 2.97. The lowest BCUT2D eigenvalue weighted by Gasteiger charge is -2.35. The van der Waals surface area contributed by atoms with E-state index in [0.29, 0.717) is 12.6 Å². The summed E-state index contributed by atoms with van der Waals surface area (Å²) in [4.78, 5) is 19.4. The highest BCUT2D eigenvalue weighted by Crippen LogP contribution is 2.39. The molecule has 5 nitrogen and oxygen atoms in total. The summed E-state index contributed by atoms with van der Waals surface area (Å²) in [7, 11) is 0. The Kier molecular flexibility index (Phi) is 4.63. The van der Waals surface area contributed by atoms with Crippen LogP contribution in [0.4, 0.5) is 5.95 Å². The van der Waals surface area contributed by atoms with Crippen LogP contribution in [0.5, 0.6) is 0 Å². The Morgan fingerprint density at radius 2 is 1.85 bits per heavy atom. The molecule has 26 heavy (non-hydrogen) atoms. The van der Waals surface area contributed by atoms with Gasteiger partial charge in [0.15, 0.2) is 0 Å². The van der Waals surface area contributed by atoms with Crippen LogP contribution in [0.1, 0.15) is 56.2 Å². The first-order valence-corrected chi connectivity index (χ1v) is 9.99. The van der Waals surface area contributed by atoms with Crippen LogP contribution in [0, 0.1) is 19.8 Å². The number of imidazole rings is 1. The van der Waals surface area contributed by atoms with Crippen LogP contribution >= 0.6 is 0 Å². The molecule has 1 aliphatic carbocycles. The SMILES string of the molecule is CCOC(=O)C1CCN(c2nc3cc(C)c(C)cc3n2C2CCC2)CC1. The summed E-state index contributed by atoms with van der Waals surface area (Å²) >= 11 is 0. The standard InChI is InChI=1S/C21H29N3O2/c1-4-26-20(25)16-8-10-23(11-9-16)21-22-18-12-14(2)15(3)13-19(18)24(21)17-6-5-7-17/h12-13,16-17H,4-11H2,1-3H3. The molecular formula is C21H29N3O2. The van der Waals surface area contributed by atoms with E-state index in [1.807, 2.05) is 6.92 Å². The molecule has 5 heteroatoms. The molecule has 0 N–H and O–H groups in total. The zero-order valence-electron chi connectivity index (χ0n) is 16.1. The Balaban J connectivity index is 1.63. The number of nitrogens with zero attached hydrogens (tertiary/aromatic N) is 3. The normalized spacial score (nSPS) is 19.0. The zero-order chi connectivity index (χ0) is 18.3. The van der Waals surface area contributed by atoms with Gasteiger partial charge in [0.05, 0.1) is 23.6 Å². The molecule has 0 amide bonds. The molecule has 0 unspecified atom stereocenters. The maximum atomic E-state index is 12.0. The molecule has 1 aliphatic heterocycles. The number of ether oxygens (including phenoxy) is 1. The van der Waals surface area contributed by atoms with Gasteiger partial charge in [-0.1, -0.05) is 0 Å². The smallest absolute Gasteiger partial charge is 0.309 e. The minimum absolute atomic E-state index is 0.0362. The second-order valence-corrected chi connectivity index (χ2v) is 7.81. The molecular weight excluding hydrogens is 326 g/mol. The summed E-state index contributed by atoms with van der Waals surface area (Å²) in [6, 6.07) is 5.08. The van der Waals surface area contributed by atoms with Crippen molar-refractivity contribution in [3.05, 3.63) is 23.3 Å². The molecule has 0 spiro atoms. The lowest BCUT2D eigenvalue weighted by atomic mass is 9.92. The Morgan fingerprint density at radius 3 is 2.46 bits per heavy atom. The molecule has 0 radical (unpaired) electrons. The molecule has 2 fully saturated rings. The van der Waals surface area contributed by atoms with Gasteiger partial charge in [0, 0.05) is 19.1 Å². The number of rotatable bonds is 4. The van der Waals surface area contributed by atoms with Crippen molar-refractivity contribution in [3.8, 4) is 0 Å². The van der Waals surface area contributed by atoms with Crippen molar-refractivity contribution in [2.45, 2.75) is 58.9 Å². The molecule has 4 rings (SSSR count). The number of esters is 1. The van der Waals surface area contributed by atoms with E-state index in [4.69, 9.17) is 9.72 Å². The highest BCUT2D eigenvalue weighted by atomic mass is 16.5. The molecule has 0 atom stereocenters. The maximum absolute atomic E-state index is 12.0. The molecule has 140 valence electrons. The Morgan fingerprint density at radius 1 is 1.15 bits per heavy atom. The number of aryl methyl sites for hydroxylation is 2. The van der Waals surface area contributed by atoms with Crippen molar-refractivity contribution < 1.29 is 9.53 Å². The van der Waals surface area contributed by atoms with E-state index < -0.39 is 0 Å². The number of fused-ring (bicyclic) bond motifs is 1. The summed E-state index contributed by atoms with van der Waals surface area (Å²) in [6.07, 6.45) is 5.49. The maximum Gasteiger partial charge on any atom is 0.309 e. The van der Waals surface area contributed by atoms with E-state index in [-0.39, 0.29) is 11.9 Å². The monoisotopic (exact) mass is 355 g/mol. The Hall–Kier alpha value is -2.04. The number of hydrogen-bond donors (Lipinski definition) is 0. The van der Waals surface area contributed by atoms with E-state index in [1.54, 1.807) is 0 Å². The van der Waals surface area contributed by atoms with Crippen molar-refractivity contribution in [2.75, 3.05) is 24.6 Å². The van der Waals surface area contributed by atoms with Crippen LogP contribution in [0.15, 0.2) is 12.1 Å². The van der Waals surface area contributed by atoms with E-state index in [2.05, 4.69) is 35.4 Å². The molecule has 2 heterocycles. The van der Waals surface area contributed by atoms with E-state index in [0.717, 1.165) is 37.4 Å². The van der Waals surface area contributed by atoms with Gasteiger partial charge in [0.2, 0.25) is 5.95 Å². The fourth-order valence-electron chi connectivity index (χ4n) is 4.14. The van der Waals surface area contributed by atoms with Crippen molar-refractivity contribution in [3.63, 3.8) is 0 Å². The second kappa shape index (κ2) is 6.93. The van der Waals surface area contributed by atoms with E-state index >= 15 is 0 Å². The van der Waals surface area contributed by atoms with Crippen LogP contribution in [0.2, 0.25) is 0 Å². The van der Waals surface area contributed by atoms with Gasteiger partial charge >= 0.3 is 5.97 Å². The number of aromatic nitrogens is 2. The minimum atomic E-state index is -0.0362. The third-order valence-electron chi connectivity index (χ3n) is 6.12. The van der Waals surface area contributed by atoms with E-state index in [9.17, 15) is 4.79 Å². The van der Waals surface area contributed by atoms with Gasteiger partial charge in [-0.05, 0) is 76.1 Å². The minimum Gasteiger partial charge on any atom is -0.466 e. The largest absolute Gasteiger partial charge is 0.466 e. The molecule has 2 aliphatic rings. The molecule has 0 bridgehead atoms. The predicted molar refractivity (Wildman–Crippen MR) is 104 cm³/mol. The average molecular weight is 355 g/mol. The topological polar surface area (TPSA) is 47.4 Å². The van der Waals surface area contributed by atoms with Gasteiger partial charge in [-0.3, -0.25) is 4.79 Å². The lowest BCUT2D eigenvalue weighted by Crippen LogP contribution is -2.39. The number of anilines is 1. The molecule has 1 aromatic heterocycles. The number of carbonyl (C=O) groups is 1. The Bertz CT molecular complexity index is 814. The van der Waals surface area contributed by atoms with Gasteiger partial charge in [-0.2, -0.15) is 0 Å². The predicted octanol–water partition coefficient (Wildman–Crippen LogP) is 4.16. The summed E-state index contributed by atoms with van der Waals surface area (Å²) in [5, 5.41) is 0. The first kappa shape index (κ1) is 17.4. The Labute approximate surface area is 155 Å². The highest BCUT2D eigenvalue weighted by molar-refractivity contribution is 5.81. The molecule has 2 aromatic rings. The highest BCUT2D eigenvalue weighted by Gasteiger charge is 2.31. The van der Waals surface area contributed by atoms with Crippen LogP contribution in [-0.4, -0.2) is 35.2 Å². The van der Waals surface area contributed by atoms with Gasteiger partial charge in [-0.25, -0.2) is 4.98 Å². The summed E-state index contributed by atoms with van der Waals surface area (Å²) in [5.41, 5.74) is 4.98. The van der Waals surface area contributed by atoms with Crippen molar-refractivity contribution in [1.29, 1.82) is 0 Å². The van der Waals surface area contributed by atoms with Gasteiger partial charge < -0.3 is 14.2 Å². The van der Waals surface area contributed by atoms with Crippen LogP contribution in [-0.2, 0) is 9.53 Å². The number of benzene rings is 1. The molecule has 1 saturated heterocycles. The summed E-state index contributed by atoms with van der Waals surface area (Å²) in [6.45, 7) is 8.42. The lowest BCUT2D eigenvalue weighted by molar-refractivity contribution is -0.148. The number of hydrogen-bond acceptors (Lipinski definition) is 4.